The standard InChI is InChI=1S/C16H26O5S/c1-8(2)7-20-15(17)12-10-6-11-14(12)21-22(18,19)16(11,5)13(10)9(3)4/h8-14H,6-7H2,1-5H3. The third-order valence-electron chi connectivity index (χ3n) is 5.92. The van der Waals surface area contributed by atoms with Gasteiger partial charge in [0.1, 0.15) is 4.75 Å². The van der Waals surface area contributed by atoms with Crippen molar-refractivity contribution >= 4 is 16.1 Å². The highest BCUT2D eigenvalue weighted by Gasteiger charge is 2.76. The van der Waals surface area contributed by atoms with E-state index in [4.69, 9.17) is 8.92 Å². The summed E-state index contributed by atoms with van der Waals surface area (Å²) in [6.07, 6.45) is 0.236. The molecule has 0 amide bonds. The number of carbonyl (C=O) groups excluding carboxylic acids is 1. The minimum absolute atomic E-state index is 0.0437. The minimum atomic E-state index is -3.63. The van der Waals surface area contributed by atoms with Crippen LogP contribution in [0.4, 0.5) is 0 Å². The Morgan fingerprint density at radius 3 is 2.50 bits per heavy atom. The monoisotopic (exact) mass is 330 g/mol. The van der Waals surface area contributed by atoms with E-state index in [0.717, 1.165) is 6.42 Å². The van der Waals surface area contributed by atoms with Gasteiger partial charge >= 0.3 is 5.97 Å². The van der Waals surface area contributed by atoms with E-state index in [0.29, 0.717) is 6.61 Å². The number of fused-ring (bicyclic) bond motifs is 1. The van der Waals surface area contributed by atoms with Crippen molar-refractivity contribution in [2.45, 2.75) is 51.9 Å². The van der Waals surface area contributed by atoms with E-state index in [1.165, 1.54) is 0 Å². The predicted octanol–water partition coefficient (Wildman–Crippen LogP) is 2.21. The van der Waals surface area contributed by atoms with Crippen LogP contribution in [0.2, 0.25) is 0 Å². The van der Waals surface area contributed by atoms with E-state index >= 15 is 0 Å². The first kappa shape index (κ1) is 16.2. The third kappa shape index (κ3) is 1.92. The van der Waals surface area contributed by atoms with Crippen LogP contribution in [0.1, 0.15) is 41.0 Å². The van der Waals surface area contributed by atoms with Gasteiger partial charge in [-0.15, -0.1) is 0 Å². The molecule has 3 rings (SSSR count). The molecule has 5 nitrogen and oxygen atoms in total. The van der Waals surface area contributed by atoms with Gasteiger partial charge in [0.15, 0.2) is 0 Å². The zero-order chi connectivity index (χ0) is 16.4. The summed E-state index contributed by atoms with van der Waals surface area (Å²) < 4.78 is 35.1. The molecule has 0 N–H and O–H groups in total. The van der Waals surface area contributed by atoms with Crippen LogP contribution in [0.25, 0.3) is 0 Å². The molecule has 2 saturated carbocycles. The molecule has 3 fully saturated rings. The van der Waals surface area contributed by atoms with Crippen molar-refractivity contribution < 1.29 is 22.1 Å². The molecule has 1 saturated heterocycles. The molecule has 6 atom stereocenters. The summed E-state index contributed by atoms with van der Waals surface area (Å²) >= 11 is 0. The van der Waals surface area contributed by atoms with Gasteiger partial charge < -0.3 is 4.74 Å². The molecule has 0 radical (unpaired) electrons. The lowest BCUT2D eigenvalue weighted by Crippen LogP contribution is -2.50. The first-order valence-electron chi connectivity index (χ1n) is 8.20. The Kier molecular flexibility index (Phi) is 3.64. The van der Waals surface area contributed by atoms with Crippen LogP contribution >= 0.6 is 0 Å². The van der Waals surface area contributed by atoms with Crippen molar-refractivity contribution in [2.24, 2.45) is 35.5 Å². The van der Waals surface area contributed by atoms with Crippen molar-refractivity contribution in [1.29, 1.82) is 0 Å². The number of carbonyl (C=O) groups is 1. The third-order valence-corrected chi connectivity index (χ3v) is 8.05. The SMILES string of the molecule is CC(C)COC(=O)C1C2CC3C1OS(=O)(=O)C3(C)C2C(C)C. The molecule has 3 aliphatic rings. The van der Waals surface area contributed by atoms with Crippen LogP contribution < -0.4 is 0 Å². The average Bonchev–Trinajstić information content (AvgIpc) is 2.92. The second kappa shape index (κ2) is 4.94. The molecular weight excluding hydrogens is 304 g/mol. The fourth-order valence-electron chi connectivity index (χ4n) is 5.21. The van der Waals surface area contributed by atoms with Gasteiger partial charge in [-0.25, -0.2) is 0 Å². The fourth-order valence-corrected chi connectivity index (χ4v) is 7.34. The summed E-state index contributed by atoms with van der Waals surface area (Å²) in [5, 5.41) is 0. The normalized spacial score (nSPS) is 45.0. The number of ether oxygens (including phenoxy) is 1. The van der Waals surface area contributed by atoms with Crippen LogP contribution in [-0.2, 0) is 23.8 Å². The number of rotatable bonds is 4. The van der Waals surface area contributed by atoms with Gasteiger partial charge in [-0.3, -0.25) is 8.98 Å². The number of esters is 1. The Morgan fingerprint density at radius 2 is 1.95 bits per heavy atom. The second-order valence-electron chi connectivity index (χ2n) is 8.02. The topological polar surface area (TPSA) is 69.7 Å². The van der Waals surface area contributed by atoms with Crippen LogP contribution in [0.3, 0.4) is 0 Å². The van der Waals surface area contributed by atoms with Gasteiger partial charge in [-0.2, -0.15) is 8.42 Å². The molecule has 22 heavy (non-hydrogen) atoms. The van der Waals surface area contributed by atoms with Crippen LogP contribution in [0.5, 0.6) is 0 Å². The molecule has 0 spiro atoms. The molecule has 0 aromatic carbocycles. The first-order chi connectivity index (χ1) is 10.1. The lowest BCUT2D eigenvalue weighted by molar-refractivity contribution is -0.156. The fraction of sp³-hybridized carbons (Fsp3) is 0.938. The van der Waals surface area contributed by atoms with Crippen LogP contribution in [0.15, 0.2) is 0 Å². The minimum Gasteiger partial charge on any atom is -0.465 e. The second-order valence-corrected chi connectivity index (χ2v) is 10.0. The molecule has 2 bridgehead atoms. The molecular formula is C16H26O5S. The zero-order valence-corrected chi connectivity index (χ0v) is 14.7. The average molecular weight is 330 g/mol. The maximum Gasteiger partial charge on any atom is 0.311 e. The number of hydrogen-bond donors (Lipinski definition) is 0. The molecule has 126 valence electrons. The van der Waals surface area contributed by atoms with Crippen molar-refractivity contribution in [3.05, 3.63) is 0 Å². The Bertz CT molecular complexity index is 581. The van der Waals surface area contributed by atoms with Crippen molar-refractivity contribution in [2.75, 3.05) is 6.61 Å². The molecule has 6 unspecified atom stereocenters. The van der Waals surface area contributed by atoms with Gasteiger partial charge in [-0.05, 0) is 37.0 Å². The van der Waals surface area contributed by atoms with E-state index in [2.05, 4.69) is 0 Å². The predicted molar refractivity (Wildman–Crippen MR) is 81.4 cm³/mol. The van der Waals surface area contributed by atoms with E-state index in [1.807, 2.05) is 34.6 Å². The Labute approximate surface area is 132 Å². The summed E-state index contributed by atoms with van der Waals surface area (Å²) in [7, 11) is -3.63. The van der Waals surface area contributed by atoms with Crippen molar-refractivity contribution in [1.82, 2.24) is 0 Å². The first-order valence-corrected chi connectivity index (χ1v) is 9.61. The van der Waals surface area contributed by atoms with Gasteiger partial charge in [-0.1, -0.05) is 27.7 Å². The Balaban J connectivity index is 1.93. The summed E-state index contributed by atoms with van der Waals surface area (Å²) in [5.41, 5.74) is 0. The summed E-state index contributed by atoms with van der Waals surface area (Å²) in [4.78, 5) is 12.5. The molecule has 6 heteroatoms. The largest absolute Gasteiger partial charge is 0.465 e. The summed E-state index contributed by atoms with van der Waals surface area (Å²) in [5.74, 6) is -0.321. The highest BCUT2D eigenvalue weighted by atomic mass is 32.2. The Morgan fingerprint density at radius 1 is 1.32 bits per heavy atom. The van der Waals surface area contributed by atoms with Crippen LogP contribution in [0, 0.1) is 35.5 Å². The molecule has 1 heterocycles. The van der Waals surface area contributed by atoms with Gasteiger partial charge in [0.05, 0.1) is 18.6 Å². The quantitative estimate of drug-likeness (QED) is 0.584. The van der Waals surface area contributed by atoms with E-state index in [9.17, 15) is 13.2 Å². The zero-order valence-electron chi connectivity index (χ0n) is 13.9. The summed E-state index contributed by atoms with van der Waals surface area (Å²) in [6.45, 7) is 10.2. The van der Waals surface area contributed by atoms with E-state index < -0.39 is 26.9 Å². The van der Waals surface area contributed by atoms with Crippen molar-refractivity contribution in [3.63, 3.8) is 0 Å². The molecule has 0 aromatic heterocycles. The van der Waals surface area contributed by atoms with Gasteiger partial charge in [0.25, 0.3) is 10.1 Å². The lowest BCUT2D eigenvalue weighted by Gasteiger charge is -2.39. The lowest BCUT2D eigenvalue weighted by atomic mass is 9.68. The molecule has 1 aliphatic heterocycles. The number of hydrogen-bond acceptors (Lipinski definition) is 5. The highest BCUT2D eigenvalue weighted by Crippen LogP contribution is 2.67. The smallest absolute Gasteiger partial charge is 0.311 e. The Hall–Kier alpha value is -0.620. The van der Waals surface area contributed by atoms with E-state index in [-0.39, 0.29) is 35.6 Å². The van der Waals surface area contributed by atoms with Crippen LogP contribution in [-0.4, -0.2) is 31.8 Å². The summed E-state index contributed by atoms with van der Waals surface area (Å²) in [6, 6.07) is 0. The maximum atomic E-state index is 12.6. The molecule has 2 aliphatic carbocycles. The van der Waals surface area contributed by atoms with Crippen molar-refractivity contribution in [3.8, 4) is 0 Å². The molecule has 0 aromatic rings. The maximum absolute atomic E-state index is 12.6. The van der Waals surface area contributed by atoms with Gasteiger partial charge in [0.2, 0.25) is 0 Å². The van der Waals surface area contributed by atoms with E-state index in [1.54, 1.807) is 0 Å². The van der Waals surface area contributed by atoms with Gasteiger partial charge in [0, 0.05) is 5.92 Å². The highest BCUT2D eigenvalue weighted by molar-refractivity contribution is 7.88.